The Bertz CT molecular complexity index is 543. The second-order valence-electron chi connectivity index (χ2n) is 4.56. The van der Waals surface area contributed by atoms with Gasteiger partial charge in [0.2, 0.25) is 10.0 Å². The summed E-state index contributed by atoms with van der Waals surface area (Å²) in [7, 11) is -3.83. The molecule has 0 bridgehead atoms. The maximum absolute atomic E-state index is 11.8. The van der Waals surface area contributed by atoms with Gasteiger partial charge in [-0.05, 0) is 33.8 Å². The topological polar surface area (TPSA) is 91.4 Å². The van der Waals surface area contributed by atoms with E-state index in [2.05, 4.69) is 0 Å². The highest BCUT2D eigenvalue weighted by molar-refractivity contribution is 7.89. The molecule has 6 nitrogen and oxygen atoms in total. The molecule has 0 radical (unpaired) electrons. The number of esters is 1. The van der Waals surface area contributed by atoms with E-state index in [4.69, 9.17) is 9.88 Å². The van der Waals surface area contributed by atoms with Crippen molar-refractivity contribution in [1.82, 2.24) is 4.57 Å². The van der Waals surface area contributed by atoms with Crippen molar-refractivity contribution in [1.29, 1.82) is 0 Å². The zero-order chi connectivity index (χ0) is 14.1. The minimum absolute atomic E-state index is 0.0739. The van der Waals surface area contributed by atoms with Crippen molar-refractivity contribution in [3.05, 3.63) is 18.0 Å². The third-order valence-corrected chi connectivity index (χ3v) is 3.14. The van der Waals surface area contributed by atoms with Crippen molar-refractivity contribution < 1.29 is 17.9 Å². The van der Waals surface area contributed by atoms with Crippen LogP contribution >= 0.6 is 0 Å². The summed E-state index contributed by atoms with van der Waals surface area (Å²) in [5.41, 5.74) is 0.183. The summed E-state index contributed by atoms with van der Waals surface area (Å²) >= 11 is 0. The Morgan fingerprint density at radius 2 is 1.89 bits per heavy atom. The van der Waals surface area contributed by atoms with Gasteiger partial charge in [0.25, 0.3) is 0 Å². The minimum Gasteiger partial charge on any atom is -0.458 e. The number of ether oxygens (including phenoxy) is 1. The molecule has 1 rings (SSSR count). The third kappa shape index (κ3) is 3.33. The van der Waals surface area contributed by atoms with Crippen molar-refractivity contribution in [2.75, 3.05) is 0 Å². The Morgan fingerprint density at radius 3 is 2.28 bits per heavy atom. The summed E-state index contributed by atoms with van der Waals surface area (Å²) in [6.45, 7) is 7.11. The number of hydrogen-bond donors (Lipinski definition) is 1. The first-order valence-electron chi connectivity index (χ1n) is 5.58. The molecule has 0 unspecified atom stereocenters. The number of nitrogens with zero attached hydrogens (tertiary/aromatic N) is 1. The lowest BCUT2D eigenvalue weighted by Gasteiger charge is -2.13. The number of sulfonamides is 1. The predicted molar refractivity (Wildman–Crippen MR) is 66.7 cm³/mol. The summed E-state index contributed by atoms with van der Waals surface area (Å²) in [4.78, 5) is 11.8. The average Bonchev–Trinajstić information content (AvgIpc) is 2.59. The van der Waals surface area contributed by atoms with Gasteiger partial charge in [0.1, 0.15) is 10.6 Å². The Kier molecular flexibility index (Phi) is 4.18. The molecule has 0 aliphatic carbocycles. The Morgan fingerprint density at radius 1 is 1.33 bits per heavy atom. The minimum atomic E-state index is -3.83. The summed E-state index contributed by atoms with van der Waals surface area (Å²) in [5.74, 6) is -0.561. The quantitative estimate of drug-likeness (QED) is 0.837. The highest BCUT2D eigenvalue weighted by Gasteiger charge is 2.21. The van der Waals surface area contributed by atoms with Gasteiger partial charge in [0.05, 0.1) is 6.10 Å². The number of carbonyl (C=O) groups excluding carboxylic acids is 1. The first-order chi connectivity index (χ1) is 8.12. The zero-order valence-electron chi connectivity index (χ0n) is 10.9. The Hall–Kier alpha value is -1.34. The second-order valence-corrected chi connectivity index (χ2v) is 6.12. The van der Waals surface area contributed by atoms with Crippen LogP contribution in [0.25, 0.3) is 0 Å². The van der Waals surface area contributed by atoms with Crippen LogP contribution in [0.3, 0.4) is 0 Å². The molecule has 18 heavy (non-hydrogen) atoms. The number of nitrogens with two attached hydrogens (primary N) is 1. The highest BCUT2D eigenvalue weighted by atomic mass is 32.2. The van der Waals surface area contributed by atoms with E-state index in [-0.39, 0.29) is 22.7 Å². The standard InChI is InChI=1S/C11H18N2O4S/c1-7(2)13-6-9(18(12,15)16)5-10(13)11(14)17-8(3)4/h5-8H,1-4H3,(H2,12,15,16). The van der Waals surface area contributed by atoms with E-state index in [0.29, 0.717) is 0 Å². The molecule has 0 aliphatic rings. The summed E-state index contributed by atoms with van der Waals surface area (Å²) in [6, 6.07) is 1.16. The van der Waals surface area contributed by atoms with E-state index >= 15 is 0 Å². The van der Waals surface area contributed by atoms with Gasteiger partial charge < -0.3 is 9.30 Å². The van der Waals surface area contributed by atoms with E-state index in [9.17, 15) is 13.2 Å². The molecule has 1 aromatic rings. The van der Waals surface area contributed by atoms with E-state index in [1.54, 1.807) is 13.8 Å². The molecule has 2 N–H and O–H groups in total. The predicted octanol–water partition coefficient (Wildman–Crippen LogP) is 1.28. The van der Waals surface area contributed by atoms with E-state index in [0.717, 1.165) is 0 Å². The number of primary sulfonamides is 1. The molecular formula is C11H18N2O4S. The molecule has 0 amide bonds. The van der Waals surface area contributed by atoms with Crippen LogP contribution in [0, 0.1) is 0 Å². The molecule has 1 heterocycles. The Labute approximate surface area is 107 Å². The molecule has 0 aromatic carbocycles. The second kappa shape index (κ2) is 5.11. The zero-order valence-corrected chi connectivity index (χ0v) is 11.7. The van der Waals surface area contributed by atoms with Gasteiger partial charge in [-0.15, -0.1) is 0 Å². The van der Waals surface area contributed by atoms with Gasteiger partial charge in [0, 0.05) is 12.2 Å². The first-order valence-corrected chi connectivity index (χ1v) is 7.13. The van der Waals surface area contributed by atoms with Crippen LogP contribution < -0.4 is 5.14 Å². The molecule has 0 saturated heterocycles. The van der Waals surface area contributed by atoms with E-state index in [1.165, 1.54) is 16.8 Å². The normalized spacial score (nSPS) is 12.2. The molecule has 0 saturated carbocycles. The molecule has 0 spiro atoms. The fourth-order valence-electron chi connectivity index (χ4n) is 1.47. The van der Waals surface area contributed by atoms with Crippen LogP contribution in [-0.4, -0.2) is 25.1 Å². The van der Waals surface area contributed by atoms with Gasteiger partial charge in [-0.2, -0.15) is 0 Å². The molecule has 7 heteroatoms. The van der Waals surface area contributed by atoms with Crippen LogP contribution in [-0.2, 0) is 14.8 Å². The lowest BCUT2D eigenvalue weighted by atomic mass is 10.3. The van der Waals surface area contributed by atoms with Gasteiger partial charge in [-0.25, -0.2) is 18.4 Å². The van der Waals surface area contributed by atoms with Gasteiger partial charge in [-0.1, -0.05) is 0 Å². The molecule has 1 aromatic heterocycles. The molecule has 0 atom stereocenters. The van der Waals surface area contributed by atoms with Crippen LogP contribution in [0.2, 0.25) is 0 Å². The van der Waals surface area contributed by atoms with Crippen LogP contribution in [0.5, 0.6) is 0 Å². The highest BCUT2D eigenvalue weighted by Crippen LogP contribution is 2.19. The maximum atomic E-state index is 11.8. The number of aromatic nitrogens is 1. The largest absolute Gasteiger partial charge is 0.458 e. The van der Waals surface area contributed by atoms with Crippen molar-refractivity contribution in [2.24, 2.45) is 5.14 Å². The first kappa shape index (κ1) is 14.7. The SMILES string of the molecule is CC(C)OC(=O)c1cc(S(N)(=O)=O)cn1C(C)C. The third-order valence-electron chi connectivity index (χ3n) is 2.26. The summed E-state index contributed by atoms with van der Waals surface area (Å²) in [5, 5.41) is 5.05. The maximum Gasteiger partial charge on any atom is 0.355 e. The lowest BCUT2D eigenvalue weighted by molar-refractivity contribution is 0.0363. The number of hydrogen-bond acceptors (Lipinski definition) is 4. The van der Waals surface area contributed by atoms with Gasteiger partial charge >= 0.3 is 5.97 Å². The lowest BCUT2D eigenvalue weighted by Crippen LogP contribution is -2.16. The summed E-state index contributed by atoms with van der Waals surface area (Å²) in [6.07, 6.45) is 1.07. The molecule has 0 aliphatic heterocycles. The van der Waals surface area contributed by atoms with E-state index in [1.807, 2.05) is 13.8 Å². The van der Waals surface area contributed by atoms with Crippen molar-refractivity contribution >= 4 is 16.0 Å². The van der Waals surface area contributed by atoms with E-state index < -0.39 is 16.0 Å². The monoisotopic (exact) mass is 274 g/mol. The van der Waals surface area contributed by atoms with Crippen molar-refractivity contribution in [2.45, 2.75) is 44.7 Å². The van der Waals surface area contributed by atoms with Crippen molar-refractivity contribution in [3.63, 3.8) is 0 Å². The smallest absolute Gasteiger partial charge is 0.355 e. The number of carbonyl (C=O) groups is 1. The summed E-state index contributed by atoms with van der Waals surface area (Å²) < 4.78 is 29.1. The van der Waals surface area contributed by atoms with Gasteiger partial charge in [0.15, 0.2) is 0 Å². The van der Waals surface area contributed by atoms with Crippen LogP contribution in [0.1, 0.15) is 44.2 Å². The fraction of sp³-hybridized carbons (Fsp3) is 0.545. The van der Waals surface area contributed by atoms with Gasteiger partial charge in [-0.3, -0.25) is 0 Å². The fourth-order valence-corrected chi connectivity index (χ4v) is 2.01. The van der Waals surface area contributed by atoms with Crippen molar-refractivity contribution in [3.8, 4) is 0 Å². The van der Waals surface area contributed by atoms with Crippen LogP contribution in [0.4, 0.5) is 0 Å². The van der Waals surface area contributed by atoms with Crippen LogP contribution in [0.15, 0.2) is 17.2 Å². The average molecular weight is 274 g/mol. The number of rotatable bonds is 4. The Balaban J connectivity index is 3.26. The molecule has 102 valence electrons. The molecular weight excluding hydrogens is 256 g/mol. The molecule has 0 fully saturated rings.